The molecule has 8 heteroatoms. The maximum absolute atomic E-state index is 12.9. The summed E-state index contributed by atoms with van der Waals surface area (Å²) in [6.45, 7) is 1.54. The van der Waals surface area contributed by atoms with E-state index in [0.717, 1.165) is 20.9 Å². The Kier molecular flexibility index (Phi) is 3.85. The molecule has 3 heterocycles. The van der Waals surface area contributed by atoms with Crippen molar-refractivity contribution in [2.24, 2.45) is 0 Å². The van der Waals surface area contributed by atoms with E-state index in [1.54, 1.807) is 30.5 Å². The molecule has 1 aliphatic heterocycles. The van der Waals surface area contributed by atoms with Gasteiger partial charge in [0.15, 0.2) is 0 Å². The third-order valence-electron chi connectivity index (χ3n) is 5.06. The minimum Gasteiger partial charge on any atom is -0.458 e. The summed E-state index contributed by atoms with van der Waals surface area (Å²) in [6, 6.07) is 14.3. The number of rotatable bonds is 4. The van der Waals surface area contributed by atoms with Crippen LogP contribution in [0.15, 0.2) is 65.8 Å². The van der Waals surface area contributed by atoms with Gasteiger partial charge in [0.1, 0.15) is 18.8 Å². The summed E-state index contributed by atoms with van der Waals surface area (Å²) < 4.78 is 34.2. The van der Waals surface area contributed by atoms with Crippen molar-refractivity contribution in [2.45, 2.75) is 18.4 Å². The van der Waals surface area contributed by atoms with Crippen LogP contribution in [-0.4, -0.2) is 30.3 Å². The summed E-state index contributed by atoms with van der Waals surface area (Å²) in [4.78, 5) is 17.1. The average molecular weight is 407 g/mol. The number of hydrogen-bond acceptors (Lipinski definition) is 5. The van der Waals surface area contributed by atoms with Crippen LogP contribution in [0.1, 0.15) is 11.3 Å². The molecule has 0 atom stereocenters. The fourth-order valence-corrected chi connectivity index (χ4v) is 5.37. The highest BCUT2D eigenvalue weighted by Crippen LogP contribution is 2.41. The van der Waals surface area contributed by atoms with Crippen LogP contribution in [0.25, 0.3) is 16.4 Å². The monoisotopic (exact) mass is 407 g/mol. The number of esters is 1. The number of hydrogen-bond donors (Lipinski definition) is 0. The molecule has 0 unspecified atom stereocenters. The number of pyridine rings is 1. The highest BCUT2D eigenvalue weighted by molar-refractivity contribution is 7.93. The average Bonchev–Trinajstić information content (AvgIpc) is 3.22. The third kappa shape index (κ3) is 2.75. The molecule has 1 aliphatic rings. The Bertz CT molecular complexity index is 1390. The molecule has 0 N–H and O–H groups in total. The van der Waals surface area contributed by atoms with Gasteiger partial charge in [-0.1, -0.05) is 30.3 Å². The number of benzene rings is 2. The van der Waals surface area contributed by atoms with Crippen molar-refractivity contribution in [3.8, 4) is 0 Å². The first-order valence-electron chi connectivity index (χ1n) is 9.08. The Morgan fingerprint density at radius 1 is 1.10 bits per heavy atom. The second-order valence-corrected chi connectivity index (χ2v) is 8.79. The number of nitrogens with zero attached hydrogens (tertiary/aromatic N) is 3. The minimum absolute atomic E-state index is 0.0228. The Morgan fingerprint density at radius 2 is 1.90 bits per heavy atom. The normalized spacial score (nSPS) is 14.6. The Labute approximate surface area is 167 Å². The van der Waals surface area contributed by atoms with Crippen LogP contribution in [0.4, 0.5) is 5.69 Å². The standard InChI is InChI=1S/C21H17N3O4S/c1-14-5-4-10-23-11-16(22-21(14)23)13-28-19(25)12-24-17-8-2-6-15-7-3-9-18(20(15)17)29(24,26)27/h2-11H,12-13H2,1H3. The molecule has 0 bridgehead atoms. The van der Waals surface area contributed by atoms with E-state index in [9.17, 15) is 13.2 Å². The molecule has 146 valence electrons. The molecule has 0 saturated carbocycles. The molecule has 0 saturated heterocycles. The first kappa shape index (κ1) is 17.7. The summed E-state index contributed by atoms with van der Waals surface area (Å²) in [5.41, 5.74) is 2.91. The number of fused-ring (bicyclic) bond motifs is 1. The fraction of sp³-hybridized carbons (Fsp3) is 0.143. The molecule has 4 aromatic rings. The zero-order valence-electron chi connectivity index (χ0n) is 15.6. The highest BCUT2D eigenvalue weighted by Gasteiger charge is 2.36. The summed E-state index contributed by atoms with van der Waals surface area (Å²) in [5, 5.41) is 1.46. The third-order valence-corrected chi connectivity index (χ3v) is 6.86. The van der Waals surface area contributed by atoms with E-state index in [-0.39, 0.29) is 18.0 Å². The lowest BCUT2D eigenvalue weighted by molar-refractivity contribution is -0.143. The Morgan fingerprint density at radius 3 is 2.69 bits per heavy atom. The van der Waals surface area contributed by atoms with Crippen molar-refractivity contribution in [3.05, 3.63) is 72.2 Å². The van der Waals surface area contributed by atoms with Crippen LogP contribution < -0.4 is 4.31 Å². The van der Waals surface area contributed by atoms with Gasteiger partial charge in [0, 0.05) is 17.8 Å². The van der Waals surface area contributed by atoms with Crippen molar-refractivity contribution in [2.75, 3.05) is 10.8 Å². The van der Waals surface area contributed by atoms with Gasteiger partial charge in [-0.3, -0.25) is 9.10 Å². The number of ether oxygens (including phenoxy) is 1. The van der Waals surface area contributed by atoms with Crippen LogP contribution >= 0.6 is 0 Å². The number of sulfonamides is 1. The van der Waals surface area contributed by atoms with E-state index >= 15 is 0 Å². The molecular weight excluding hydrogens is 390 g/mol. The van der Waals surface area contributed by atoms with Gasteiger partial charge in [-0.2, -0.15) is 0 Å². The predicted molar refractivity (Wildman–Crippen MR) is 108 cm³/mol. The SMILES string of the molecule is Cc1cccn2cc(COC(=O)CN3c4cccc5cccc(c45)S3(=O)=O)nc12. The summed E-state index contributed by atoms with van der Waals surface area (Å²) >= 11 is 0. The molecule has 29 heavy (non-hydrogen) atoms. The van der Waals surface area contributed by atoms with Gasteiger partial charge in [-0.15, -0.1) is 0 Å². The quantitative estimate of drug-likeness (QED) is 0.486. The maximum atomic E-state index is 12.9. The molecule has 0 radical (unpaired) electrons. The van der Waals surface area contributed by atoms with E-state index in [1.807, 2.05) is 41.8 Å². The molecular formula is C21H17N3O4S. The second-order valence-electron chi connectivity index (χ2n) is 6.96. The van der Waals surface area contributed by atoms with Gasteiger partial charge in [-0.25, -0.2) is 13.4 Å². The predicted octanol–water partition coefficient (Wildman–Crippen LogP) is 3.05. The number of aryl methyl sites for hydroxylation is 1. The van der Waals surface area contributed by atoms with Crippen LogP contribution in [0.2, 0.25) is 0 Å². The maximum Gasteiger partial charge on any atom is 0.327 e. The Hall–Kier alpha value is -3.39. The second kappa shape index (κ2) is 6.31. The van der Waals surface area contributed by atoms with E-state index < -0.39 is 16.0 Å². The molecule has 0 amide bonds. The number of imidazole rings is 1. The van der Waals surface area contributed by atoms with Gasteiger partial charge < -0.3 is 9.14 Å². The summed E-state index contributed by atoms with van der Waals surface area (Å²) in [7, 11) is -3.79. The van der Waals surface area contributed by atoms with Crippen molar-refractivity contribution >= 4 is 38.1 Å². The van der Waals surface area contributed by atoms with Crippen LogP contribution in [0, 0.1) is 6.92 Å². The number of carbonyl (C=O) groups excluding carboxylic acids is 1. The number of aromatic nitrogens is 2. The van der Waals surface area contributed by atoms with Gasteiger partial charge in [0.2, 0.25) is 0 Å². The minimum atomic E-state index is -3.79. The largest absolute Gasteiger partial charge is 0.458 e. The van der Waals surface area contributed by atoms with Crippen molar-refractivity contribution in [3.63, 3.8) is 0 Å². The highest BCUT2D eigenvalue weighted by atomic mass is 32.2. The zero-order chi connectivity index (χ0) is 20.2. The molecule has 2 aromatic carbocycles. The summed E-state index contributed by atoms with van der Waals surface area (Å²) in [5.74, 6) is -0.632. The molecule has 5 rings (SSSR count). The van der Waals surface area contributed by atoms with Gasteiger partial charge >= 0.3 is 5.97 Å². The van der Waals surface area contributed by atoms with E-state index in [1.165, 1.54) is 0 Å². The van der Waals surface area contributed by atoms with Crippen molar-refractivity contribution in [1.29, 1.82) is 0 Å². The topological polar surface area (TPSA) is 81.0 Å². The lowest BCUT2D eigenvalue weighted by atomic mass is 10.1. The van der Waals surface area contributed by atoms with Crippen LogP contribution in [0.3, 0.4) is 0 Å². The van der Waals surface area contributed by atoms with Crippen LogP contribution in [-0.2, 0) is 26.2 Å². The fourth-order valence-electron chi connectivity index (χ4n) is 3.72. The molecule has 0 aliphatic carbocycles. The van der Waals surface area contributed by atoms with E-state index in [2.05, 4.69) is 4.98 Å². The van der Waals surface area contributed by atoms with E-state index in [4.69, 9.17) is 4.74 Å². The van der Waals surface area contributed by atoms with E-state index in [0.29, 0.717) is 16.8 Å². The first-order chi connectivity index (χ1) is 13.9. The van der Waals surface area contributed by atoms with Gasteiger partial charge in [0.25, 0.3) is 10.0 Å². The first-order valence-corrected chi connectivity index (χ1v) is 10.5. The number of carbonyl (C=O) groups is 1. The molecule has 0 fully saturated rings. The molecule has 0 spiro atoms. The zero-order valence-corrected chi connectivity index (χ0v) is 16.4. The lowest BCUT2D eigenvalue weighted by Crippen LogP contribution is -2.33. The van der Waals surface area contributed by atoms with Gasteiger partial charge in [-0.05, 0) is 36.1 Å². The smallest absolute Gasteiger partial charge is 0.327 e. The lowest BCUT2D eigenvalue weighted by Gasteiger charge is -2.17. The summed E-state index contributed by atoms with van der Waals surface area (Å²) in [6.07, 6.45) is 3.66. The molecule has 7 nitrogen and oxygen atoms in total. The van der Waals surface area contributed by atoms with Crippen LogP contribution in [0.5, 0.6) is 0 Å². The number of anilines is 1. The van der Waals surface area contributed by atoms with Crippen molar-refractivity contribution in [1.82, 2.24) is 9.38 Å². The van der Waals surface area contributed by atoms with Gasteiger partial charge in [0.05, 0.1) is 16.3 Å². The molecule has 2 aromatic heterocycles. The Balaban J connectivity index is 1.37. The van der Waals surface area contributed by atoms with Crippen molar-refractivity contribution < 1.29 is 17.9 Å².